The van der Waals surface area contributed by atoms with E-state index in [0.717, 1.165) is 11.1 Å². The summed E-state index contributed by atoms with van der Waals surface area (Å²) in [6, 6.07) is 27.6. The molecule has 2 nitrogen and oxygen atoms in total. The zero-order valence-corrected chi connectivity index (χ0v) is 13.4. The summed E-state index contributed by atoms with van der Waals surface area (Å²) in [5.41, 5.74) is 1.71. The lowest BCUT2D eigenvalue weighted by atomic mass is 10.0. The Morgan fingerprint density at radius 2 is 1.13 bits per heavy atom. The van der Waals surface area contributed by atoms with Crippen LogP contribution in [0.25, 0.3) is 0 Å². The summed E-state index contributed by atoms with van der Waals surface area (Å²) in [7, 11) is -3.54. The van der Waals surface area contributed by atoms with Gasteiger partial charge in [0.25, 0.3) is 0 Å². The third kappa shape index (κ3) is 3.51. The van der Waals surface area contributed by atoms with Gasteiger partial charge in [0.15, 0.2) is 9.84 Å². The van der Waals surface area contributed by atoms with Crippen molar-refractivity contribution in [2.75, 3.05) is 0 Å². The Hall–Kier alpha value is -2.39. The van der Waals surface area contributed by atoms with E-state index in [2.05, 4.69) is 0 Å². The molecule has 3 aromatic carbocycles. The van der Waals surface area contributed by atoms with Gasteiger partial charge in [-0.2, -0.15) is 0 Å². The fourth-order valence-corrected chi connectivity index (χ4v) is 4.10. The SMILES string of the molecule is O=S(=O)([C](Cc1ccccc1)c1ccccc1)c1ccccc1. The second-order valence-electron chi connectivity index (χ2n) is 5.27. The second kappa shape index (κ2) is 6.80. The molecule has 0 aliphatic heterocycles. The Morgan fingerprint density at radius 3 is 1.70 bits per heavy atom. The quantitative estimate of drug-likeness (QED) is 0.703. The van der Waals surface area contributed by atoms with Crippen molar-refractivity contribution >= 4 is 9.84 Å². The first-order valence-electron chi connectivity index (χ1n) is 7.43. The van der Waals surface area contributed by atoms with Gasteiger partial charge in [0, 0.05) is 0 Å². The van der Waals surface area contributed by atoms with Crippen molar-refractivity contribution in [3.05, 3.63) is 107 Å². The van der Waals surface area contributed by atoms with E-state index in [4.69, 9.17) is 0 Å². The number of benzene rings is 3. The highest BCUT2D eigenvalue weighted by Gasteiger charge is 2.30. The van der Waals surface area contributed by atoms with Gasteiger partial charge in [-0.3, -0.25) is 0 Å². The van der Waals surface area contributed by atoms with Crippen molar-refractivity contribution in [3.8, 4) is 0 Å². The standard InChI is InChI=1S/C20H17O2S/c21-23(22,19-14-8-3-9-15-19)20(18-12-6-2-7-13-18)16-17-10-4-1-5-11-17/h1-15H,16H2. The first-order chi connectivity index (χ1) is 11.2. The molecule has 0 aliphatic carbocycles. The average Bonchev–Trinajstić information content (AvgIpc) is 2.62. The van der Waals surface area contributed by atoms with Gasteiger partial charge in [-0.1, -0.05) is 78.9 Å². The van der Waals surface area contributed by atoms with Gasteiger partial charge in [-0.05, 0) is 29.7 Å². The minimum atomic E-state index is -3.54. The highest BCUT2D eigenvalue weighted by atomic mass is 32.2. The molecule has 0 amide bonds. The Balaban J connectivity index is 2.05. The molecule has 0 bridgehead atoms. The normalized spacial score (nSPS) is 11.5. The van der Waals surface area contributed by atoms with Crippen LogP contribution in [0.15, 0.2) is 95.9 Å². The van der Waals surface area contributed by atoms with Gasteiger partial charge >= 0.3 is 0 Å². The van der Waals surface area contributed by atoms with Crippen LogP contribution in [0.4, 0.5) is 0 Å². The monoisotopic (exact) mass is 321 g/mol. The van der Waals surface area contributed by atoms with Crippen molar-refractivity contribution in [1.29, 1.82) is 0 Å². The summed E-state index contributed by atoms with van der Waals surface area (Å²) >= 11 is 0. The van der Waals surface area contributed by atoms with Crippen LogP contribution in [-0.4, -0.2) is 8.42 Å². The largest absolute Gasteiger partial charge is 0.223 e. The van der Waals surface area contributed by atoms with E-state index in [9.17, 15) is 8.42 Å². The lowest BCUT2D eigenvalue weighted by Gasteiger charge is -2.17. The maximum Gasteiger partial charge on any atom is 0.190 e. The van der Waals surface area contributed by atoms with Crippen LogP contribution in [0.5, 0.6) is 0 Å². The lowest BCUT2D eigenvalue weighted by Crippen LogP contribution is -2.17. The zero-order chi connectivity index (χ0) is 16.1. The fourth-order valence-electron chi connectivity index (χ4n) is 2.50. The van der Waals surface area contributed by atoms with Crippen molar-refractivity contribution in [2.45, 2.75) is 11.3 Å². The summed E-state index contributed by atoms with van der Waals surface area (Å²) < 4.78 is 26.2. The number of hydrogen-bond donors (Lipinski definition) is 0. The maximum atomic E-state index is 13.1. The van der Waals surface area contributed by atoms with E-state index in [-0.39, 0.29) is 0 Å². The Morgan fingerprint density at radius 1 is 0.652 bits per heavy atom. The molecule has 0 saturated carbocycles. The van der Waals surface area contributed by atoms with Gasteiger partial charge in [0.05, 0.1) is 4.90 Å². The Bertz CT molecular complexity index is 842. The van der Waals surface area contributed by atoms with Crippen LogP contribution in [-0.2, 0) is 16.3 Å². The van der Waals surface area contributed by atoms with Crippen LogP contribution in [0, 0.1) is 5.25 Å². The molecule has 3 heteroatoms. The molecule has 3 aromatic rings. The highest BCUT2D eigenvalue weighted by Crippen LogP contribution is 2.31. The third-order valence-electron chi connectivity index (χ3n) is 3.68. The topological polar surface area (TPSA) is 34.1 Å². The van der Waals surface area contributed by atoms with Gasteiger partial charge in [0.1, 0.15) is 5.25 Å². The van der Waals surface area contributed by atoms with Crippen LogP contribution in [0.1, 0.15) is 11.1 Å². The minimum absolute atomic E-state index is 0.329. The van der Waals surface area contributed by atoms with E-state index in [1.54, 1.807) is 24.3 Å². The van der Waals surface area contributed by atoms with Crippen LogP contribution >= 0.6 is 0 Å². The zero-order valence-electron chi connectivity index (χ0n) is 12.6. The van der Waals surface area contributed by atoms with E-state index in [1.165, 1.54) is 0 Å². The molecule has 0 aliphatic rings. The third-order valence-corrected chi connectivity index (χ3v) is 5.60. The van der Waals surface area contributed by atoms with Crippen molar-refractivity contribution in [1.82, 2.24) is 0 Å². The average molecular weight is 321 g/mol. The summed E-state index contributed by atoms with van der Waals surface area (Å²) in [6.45, 7) is 0. The first kappa shape index (κ1) is 15.5. The molecule has 0 atom stereocenters. The van der Waals surface area contributed by atoms with Crippen LogP contribution < -0.4 is 0 Å². The smallest absolute Gasteiger partial charge is 0.190 e. The molecule has 0 N–H and O–H groups in total. The summed E-state index contributed by atoms with van der Waals surface area (Å²) in [6.07, 6.45) is 0.377. The van der Waals surface area contributed by atoms with Crippen molar-refractivity contribution in [3.63, 3.8) is 0 Å². The molecule has 0 fully saturated rings. The molecule has 23 heavy (non-hydrogen) atoms. The predicted molar refractivity (Wildman–Crippen MR) is 92.6 cm³/mol. The molecule has 0 aromatic heterocycles. The first-order valence-corrected chi connectivity index (χ1v) is 8.91. The highest BCUT2D eigenvalue weighted by molar-refractivity contribution is 7.94. The van der Waals surface area contributed by atoms with E-state index in [0.29, 0.717) is 16.6 Å². The van der Waals surface area contributed by atoms with Crippen LogP contribution in [0.2, 0.25) is 0 Å². The number of rotatable bonds is 5. The summed E-state index contributed by atoms with van der Waals surface area (Å²) in [5.74, 6) is 0. The van der Waals surface area contributed by atoms with Gasteiger partial charge < -0.3 is 0 Å². The molecule has 0 unspecified atom stereocenters. The molecule has 3 rings (SSSR count). The predicted octanol–water partition coefficient (Wildman–Crippen LogP) is 4.28. The second-order valence-corrected chi connectivity index (χ2v) is 7.24. The lowest BCUT2D eigenvalue weighted by molar-refractivity contribution is 0.596. The molecular weight excluding hydrogens is 304 g/mol. The molecular formula is C20H17O2S. The van der Waals surface area contributed by atoms with E-state index < -0.39 is 9.84 Å². The Labute approximate surface area is 137 Å². The van der Waals surface area contributed by atoms with E-state index >= 15 is 0 Å². The molecule has 0 spiro atoms. The summed E-state index contributed by atoms with van der Waals surface area (Å²) in [4.78, 5) is 0.329. The van der Waals surface area contributed by atoms with Gasteiger partial charge in [-0.15, -0.1) is 0 Å². The molecule has 115 valence electrons. The molecule has 0 heterocycles. The maximum absolute atomic E-state index is 13.1. The summed E-state index contributed by atoms with van der Waals surface area (Å²) in [5, 5.41) is 0.426. The van der Waals surface area contributed by atoms with E-state index in [1.807, 2.05) is 66.7 Å². The van der Waals surface area contributed by atoms with Gasteiger partial charge in [-0.25, -0.2) is 8.42 Å². The Kier molecular flexibility index (Phi) is 4.58. The van der Waals surface area contributed by atoms with Crippen molar-refractivity contribution < 1.29 is 8.42 Å². The molecule has 1 radical (unpaired) electrons. The number of hydrogen-bond acceptors (Lipinski definition) is 2. The van der Waals surface area contributed by atoms with Gasteiger partial charge in [0.2, 0.25) is 0 Å². The van der Waals surface area contributed by atoms with Crippen LogP contribution in [0.3, 0.4) is 0 Å². The number of sulfone groups is 1. The minimum Gasteiger partial charge on any atom is -0.223 e. The van der Waals surface area contributed by atoms with Crippen molar-refractivity contribution in [2.24, 2.45) is 0 Å². The molecule has 0 saturated heterocycles. The fraction of sp³-hybridized carbons (Fsp3) is 0.0500.